The predicted molar refractivity (Wildman–Crippen MR) is 73.0 cm³/mol. The van der Waals surface area contributed by atoms with Crippen molar-refractivity contribution in [2.75, 3.05) is 33.5 Å². The number of nitrogens with one attached hydrogen (secondary N) is 1. The highest BCUT2D eigenvalue weighted by Gasteiger charge is 2.18. The fourth-order valence-corrected chi connectivity index (χ4v) is 1.95. The molecule has 0 spiro atoms. The summed E-state index contributed by atoms with van der Waals surface area (Å²) in [7, 11) is 1.71. The molecular formula is C14H29NO3. The van der Waals surface area contributed by atoms with E-state index >= 15 is 0 Å². The SMILES string of the molecule is COCC(CNC(C)(C)C)OCC1CCCCO1. The van der Waals surface area contributed by atoms with Gasteiger partial charge in [-0.25, -0.2) is 0 Å². The molecular weight excluding hydrogens is 230 g/mol. The Labute approximate surface area is 111 Å². The molecule has 0 aromatic heterocycles. The van der Waals surface area contributed by atoms with Crippen LogP contribution < -0.4 is 5.32 Å². The molecule has 0 bridgehead atoms. The molecule has 1 N–H and O–H groups in total. The van der Waals surface area contributed by atoms with Crippen LogP contribution in [0, 0.1) is 0 Å². The molecule has 0 aromatic rings. The molecule has 1 heterocycles. The minimum atomic E-state index is 0.0970. The second-order valence-electron chi connectivity index (χ2n) is 6.03. The van der Waals surface area contributed by atoms with E-state index in [4.69, 9.17) is 14.2 Å². The van der Waals surface area contributed by atoms with Crippen LogP contribution >= 0.6 is 0 Å². The van der Waals surface area contributed by atoms with Crippen molar-refractivity contribution in [1.82, 2.24) is 5.32 Å². The van der Waals surface area contributed by atoms with E-state index in [0.717, 1.165) is 19.6 Å². The Bertz CT molecular complexity index is 210. The molecule has 1 fully saturated rings. The van der Waals surface area contributed by atoms with Gasteiger partial charge in [0.2, 0.25) is 0 Å². The van der Waals surface area contributed by atoms with Crippen molar-refractivity contribution in [2.45, 2.75) is 57.8 Å². The van der Waals surface area contributed by atoms with Crippen LogP contribution in [0.4, 0.5) is 0 Å². The van der Waals surface area contributed by atoms with Gasteiger partial charge in [0.25, 0.3) is 0 Å². The van der Waals surface area contributed by atoms with Gasteiger partial charge in [-0.1, -0.05) is 0 Å². The summed E-state index contributed by atoms with van der Waals surface area (Å²) in [4.78, 5) is 0. The lowest BCUT2D eigenvalue weighted by Crippen LogP contribution is -2.43. The lowest BCUT2D eigenvalue weighted by Gasteiger charge is -2.28. The van der Waals surface area contributed by atoms with E-state index in [1.165, 1.54) is 12.8 Å². The minimum absolute atomic E-state index is 0.0970. The zero-order chi connectivity index (χ0) is 13.4. The first kappa shape index (κ1) is 15.9. The molecule has 1 rings (SSSR count). The van der Waals surface area contributed by atoms with Crippen LogP contribution in [0.25, 0.3) is 0 Å². The van der Waals surface area contributed by atoms with Gasteiger partial charge in [-0.05, 0) is 40.0 Å². The van der Waals surface area contributed by atoms with E-state index in [-0.39, 0.29) is 17.7 Å². The van der Waals surface area contributed by atoms with Crippen LogP contribution in [0.1, 0.15) is 40.0 Å². The van der Waals surface area contributed by atoms with Crippen LogP contribution in [-0.2, 0) is 14.2 Å². The van der Waals surface area contributed by atoms with Crippen LogP contribution in [0.15, 0.2) is 0 Å². The maximum Gasteiger partial charge on any atom is 0.0933 e. The van der Waals surface area contributed by atoms with Crippen molar-refractivity contribution in [1.29, 1.82) is 0 Å². The summed E-state index contributed by atoms with van der Waals surface area (Å²) in [6.45, 7) is 9.45. The fourth-order valence-electron chi connectivity index (χ4n) is 1.95. The van der Waals surface area contributed by atoms with Gasteiger partial charge in [0.1, 0.15) is 0 Å². The predicted octanol–water partition coefficient (Wildman–Crippen LogP) is 1.98. The van der Waals surface area contributed by atoms with Crippen molar-refractivity contribution in [3.8, 4) is 0 Å². The molecule has 0 amide bonds. The topological polar surface area (TPSA) is 39.7 Å². The third-order valence-electron chi connectivity index (χ3n) is 3.00. The molecule has 4 heteroatoms. The Morgan fingerprint density at radius 3 is 2.67 bits per heavy atom. The van der Waals surface area contributed by atoms with Gasteiger partial charge >= 0.3 is 0 Å². The molecule has 0 radical (unpaired) electrons. The first-order valence-electron chi connectivity index (χ1n) is 6.98. The Hall–Kier alpha value is -0.160. The third kappa shape index (κ3) is 7.31. The Balaban J connectivity index is 2.23. The smallest absolute Gasteiger partial charge is 0.0933 e. The highest BCUT2D eigenvalue weighted by atomic mass is 16.6. The third-order valence-corrected chi connectivity index (χ3v) is 3.00. The highest BCUT2D eigenvalue weighted by Crippen LogP contribution is 2.13. The van der Waals surface area contributed by atoms with Gasteiger partial charge in [-0.15, -0.1) is 0 Å². The van der Waals surface area contributed by atoms with Crippen molar-refractivity contribution in [3.05, 3.63) is 0 Å². The van der Waals surface area contributed by atoms with Crippen molar-refractivity contribution >= 4 is 0 Å². The standard InChI is InChI=1S/C14H29NO3/c1-14(2,3)15-9-13(10-16-4)18-11-12-7-5-6-8-17-12/h12-13,15H,5-11H2,1-4H3. The lowest BCUT2D eigenvalue weighted by atomic mass is 10.1. The van der Waals surface area contributed by atoms with Gasteiger partial charge in [-0.2, -0.15) is 0 Å². The maximum atomic E-state index is 5.90. The Morgan fingerprint density at radius 1 is 1.33 bits per heavy atom. The number of ether oxygens (including phenoxy) is 3. The molecule has 2 atom stereocenters. The van der Waals surface area contributed by atoms with Crippen molar-refractivity contribution < 1.29 is 14.2 Å². The number of hydrogen-bond donors (Lipinski definition) is 1. The molecule has 0 aromatic carbocycles. The quantitative estimate of drug-likeness (QED) is 0.759. The van der Waals surface area contributed by atoms with E-state index in [1.807, 2.05) is 0 Å². The molecule has 108 valence electrons. The first-order valence-corrected chi connectivity index (χ1v) is 6.98. The summed E-state index contributed by atoms with van der Waals surface area (Å²) in [6, 6.07) is 0. The zero-order valence-corrected chi connectivity index (χ0v) is 12.3. The largest absolute Gasteiger partial charge is 0.382 e. The normalized spacial score (nSPS) is 23.0. The van der Waals surface area contributed by atoms with Gasteiger partial charge in [0, 0.05) is 25.8 Å². The summed E-state index contributed by atoms with van der Waals surface area (Å²) >= 11 is 0. The van der Waals surface area contributed by atoms with E-state index in [9.17, 15) is 0 Å². The Kier molecular flexibility index (Phi) is 7.15. The summed E-state index contributed by atoms with van der Waals surface area (Å²) in [5.41, 5.74) is 0.108. The molecule has 1 aliphatic rings. The fraction of sp³-hybridized carbons (Fsp3) is 1.00. The van der Waals surface area contributed by atoms with Crippen molar-refractivity contribution in [3.63, 3.8) is 0 Å². The first-order chi connectivity index (χ1) is 8.51. The summed E-state index contributed by atoms with van der Waals surface area (Å²) < 4.78 is 16.8. The summed E-state index contributed by atoms with van der Waals surface area (Å²) in [6.07, 6.45) is 3.92. The van der Waals surface area contributed by atoms with Gasteiger partial charge in [0.05, 0.1) is 25.4 Å². The van der Waals surface area contributed by atoms with Gasteiger partial charge < -0.3 is 19.5 Å². The number of hydrogen-bond acceptors (Lipinski definition) is 4. The minimum Gasteiger partial charge on any atom is -0.382 e. The molecule has 1 saturated heterocycles. The van der Waals surface area contributed by atoms with Gasteiger partial charge in [-0.3, -0.25) is 0 Å². The van der Waals surface area contributed by atoms with Crippen molar-refractivity contribution in [2.24, 2.45) is 0 Å². The van der Waals surface area contributed by atoms with Crippen LogP contribution in [-0.4, -0.2) is 51.2 Å². The number of methoxy groups -OCH3 is 1. The number of rotatable bonds is 7. The van der Waals surface area contributed by atoms with E-state index in [0.29, 0.717) is 13.2 Å². The van der Waals surface area contributed by atoms with Crippen LogP contribution in [0.5, 0.6) is 0 Å². The van der Waals surface area contributed by atoms with Crippen LogP contribution in [0.2, 0.25) is 0 Å². The second-order valence-corrected chi connectivity index (χ2v) is 6.03. The monoisotopic (exact) mass is 259 g/mol. The average molecular weight is 259 g/mol. The summed E-state index contributed by atoms with van der Waals surface area (Å²) in [5.74, 6) is 0. The maximum absolute atomic E-state index is 5.90. The van der Waals surface area contributed by atoms with Crippen LogP contribution in [0.3, 0.4) is 0 Å². The molecule has 0 saturated carbocycles. The lowest BCUT2D eigenvalue weighted by molar-refractivity contribution is -0.0775. The van der Waals surface area contributed by atoms with Gasteiger partial charge in [0.15, 0.2) is 0 Å². The molecule has 18 heavy (non-hydrogen) atoms. The second kappa shape index (κ2) is 8.10. The molecule has 4 nitrogen and oxygen atoms in total. The molecule has 2 unspecified atom stereocenters. The molecule has 0 aliphatic carbocycles. The van der Waals surface area contributed by atoms with E-state index in [2.05, 4.69) is 26.1 Å². The van der Waals surface area contributed by atoms with E-state index < -0.39 is 0 Å². The highest BCUT2D eigenvalue weighted by molar-refractivity contribution is 4.74. The molecule has 1 aliphatic heterocycles. The Morgan fingerprint density at radius 2 is 2.11 bits per heavy atom. The summed E-state index contributed by atoms with van der Waals surface area (Å²) in [5, 5.41) is 3.45. The zero-order valence-electron chi connectivity index (χ0n) is 12.3. The van der Waals surface area contributed by atoms with E-state index in [1.54, 1.807) is 7.11 Å². The average Bonchev–Trinajstić information content (AvgIpc) is 2.33.